The van der Waals surface area contributed by atoms with E-state index in [0.717, 1.165) is 53.9 Å². The fourth-order valence-corrected chi connectivity index (χ4v) is 5.13. The number of aryl methyl sites for hydroxylation is 2. The van der Waals surface area contributed by atoms with E-state index in [0.29, 0.717) is 64.8 Å². The summed E-state index contributed by atoms with van der Waals surface area (Å²) in [5.74, 6) is 3.58. The third-order valence-corrected chi connectivity index (χ3v) is 7.62. The molecule has 0 radical (unpaired) electrons. The molecule has 0 aliphatic carbocycles. The lowest BCUT2D eigenvalue weighted by Gasteiger charge is -2.49. The van der Waals surface area contributed by atoms with Crippen LogP contribution >= 0.6 is 0 Å². The van der Waals surface area contributed by atoms with Crippen molar-refractivity contribution in [1.29, 1.82) is 0 Å². The highest BCUT2D eigenvalue weighted by atomic mass is 16.6. The Morgan fingerprint density at radius 2 is 1.14 bits per heavy atom. The van der Waals surface area contributed by atoms with Gasteiger partial charge >= 0.3 is 0 Å². The van der Waals surface area contributed by atoms with E-state index >= 15 is 0 Å². The minimum atomic E-state index is 0.434. The Kier molecular flexibility index (Phi) is 8.27. The molecular weight excluding hydrogens is 472 g/mol. The zero-order valence-corrected chi connectivity index (χ0v) is 22.6. The molecule has 8 heteroatoms. The molecule has 1 saturated heterocycles. The predicted octanol–water partition coefficient (Wildman–Crippen LogP) is 4.18. The zero-order chi connectivity index (χ0) is 25.8. The SMILES string of the molecule is Cc1cc2c(cc1C)OCCOCCOc1cc3c(cc1OCCOCCO2)CN1CN3CC(C)C1C. The molecule has 0 N–H and O–H groups in total. The predicted molar refractivity (Wildman–Crippen MR) is 142 cm³/mol. The quantitative estimate of drug-likeness (QED) is 0.521. The number of hydrogen-bond acceptors (Lipinski definition) is 8. The molecule has 202 valence electrons. The lowest BCUT2D eigenvalue weighted by Crippen LogP contribution is -2.56. The monoisotopic (exact) mass is 512 g/mol. The Bertz CT molecular complexity index is 1080. The smallest absolute Gasteiger partial charge is 0.163 e. The van der Waals surface area contributed by atoms with Gasteiger partial charge in [-0.2, -0.15) is 0 Å². The van der Waals surface area contributed by atoms with Crippen molar-refractivity contribution in [1.82, 2.24) is 4.90 Å². The molecule has 0 amide bonds. The van der Waals surface area contributed by atoms with Crippen LogP contribution in [-0.2, 0) is 16.0 Å². The van der Waals surface area contributed by atoms with E-state index < -0.39 is 0 Å². The van der Waals surface area contributed by atoms with Crippen molar-refractivity contribution in [3.8, 4) is 23.0 Å². The molecule has 1 fully saturated rings. The first kappa shape index (κ1) is 25.9. The van der Waals surface area contributed by atoms with Gasteiger partial charge in [-0.3, -0.25) is 4.90 Å². The summed E-state index contributed by atoms with van der Waals surface area (Å²) in [7, 11) is 0. The maximum Gasteiger partial charge on any atom is 0.163 e. The highest BCUT2D eigenvalue weighted by molar-refractivity contribution is 5.63. The van der Waals surface area contributed by atoms with Gasteiger partial charge in [0.15, 0.2) is 23.0 Å². The summed E-state index contributed by atoms with van der Waals surface area (Å²) in [6, 6.07) is 8.88. The molecule has 0 saturated carbocycles. The van der Waals surface area contributed by atoms with Crippen LogP contribution in [0.15, 0.2) is 24.3 Å². The second kappa shape index (κ2) is 11.8. The Morgan fingerprint density at radius 1 is 0.649 bits per heavy atom. The summed E-state index contributed by atoms with van der Waals surface area (Å²) in [6.07, 6.45) is 0. The summed E-state index contributed by atoms with van der Waals surface area (Å²) in [6.45, 7) is 15.3. The van der Waals surface area contributed by atoms with Crippen LogP contribution < -0.4 is 23.8 Å². The number of fused-ring (bicyclic) bond motifs is 6. The molecule has 3 heterocycles. The van der Waals surface area contributed by atoms with E-state index in [1.165, 1.54) is 11.3 Å². The van der Waals surface area contributed by atoms with Gasteiger partial charge in [-0.15, -0.1) is 0 Å². The van der Waals surface area contributed by atoms with Gasteiger partial charge in [-0.25, -0.2) is 0 Å². The maximum atomic E-state index is 6.18. The molecule has 3 aliphatic rings. The van der Waals surface area contributed by atoms with Gasteiger partial charge < -0.3 is 33.3 Å². The van der Waals surface area contributed by atoms with Gasteiger partial charge in [0.25, 0.3) is 0 Å². The van der Waals surface area contributed by atoms with Gasteiger partial charge in [0.05, 0.1) is 33.1 Å². The Labute approximate surface area is 220 Å². The number of ether oxygens (including phenoxy) is 6. The van der Waals surface area contributed by atoms with Crippen molar-refractivity contribution in [3.05, 3.63) is 41.0 Å². The summed E-state index contributed by atoms with van der Waals surface area (Å²) < 4.78 is 35.9. The van der Waals surface area contributed by atoms with Crippen LogP contribution in [0.25, 0.3) is 0 Å². The van der Waals surface area contributed by atoms with Crippen LogP contribution in [0.3, 0.4) is 0 Å². The van der Waals surface area contributed by atoms with E-state index in [1.54, 1.807) is 0 Å². The number of benzene rings is 2. The molecule has 2 aromatic carbocycles. The fraction of sp³-hybridized carbons (Fsp3) is 0.586. The summed E-state index contributed by atoms with van der Waals surface area (Å²) >= 11 is 0. The summed E-state index contributed by atoms with van der Waals surface area (Å²) in [5, 5.41) is 0. The van der Waals surface area contributed by atoms with Crippen LogP contribution in [0, 0.1) is 19.8 Å². The van der Waals surface area contributed by atoms with Crippen LogP contribution in [0.5, 0.6) is 23.0 Å². The van der Waals surface area contributed by atoms with E-state index in [1.807, 2.05) is 12.1 Å². The standard InChI is InChI=1S/C29H40N2O6/c1-20-13-26-27(14-21(20)2)35-10-6-33-8-12-37-29-16-25-24(15-28(29)36-11-7-32-5-9-34-26)18-30-19-31(25)17-22(3)23(30)4/h13-16,22-23H,5-12,17-19H2,1-4H3. The molecule has 3 unspecified atom stereocenters. The molecule has 2 aromatic rings. The third kappa shape index (κ3) is 6.08. The van der Waals surface area contributed by atoms with Crippen molar-refractivity contribution in [3.63, 3.8) is 0 Å². The summed E-state index contributed by atoms with van der Waals surface area (Å²) in [4.78, 5) is 4.99. The molecule has 0 spiro atoms. The Hall–Kier alpha value is -2.68. The second-order valence-electron chi connectivity index (χ2n) is 10.3. The number of hydrogen-bond donors (Lipinski definition) is 0. The lowest BCUT2D eigenvalue weighted by atomic mass is 9.94. The van der Waals surface area contributed by atoms with E-state index in [-0.39, 0.29) is 0 Å². The van der Waals surface area contributed by atoms with Crippen molar-refractivity contribution in [2.45, 2.75) is 40.3 Å². The molecule has 3 aliphatic heterocycles. The second-order valence-corrected chi connectivity index (χ2v) is 10.3. The molecule has 5 rings (SSSR count). The molecule has 0 aromatic heterocycles. The average molecular weight is 513 g/mol. The van der Waals surface area contributed by atoms with Crippen LogP contribution in [0.2, 0.25) is 0 Å². The first-order chi connectivity index (χ1) is 18.0. The van der Waals surface area contributed by atoms with Crippen molar-refractivity contribution >= 4 is 5.69 Å². The van der Waals surface area contributed by atoms with Crippen LogP contribution in [0.1, 0.15) is 30.5 Å². The first-order valence-corrected chi connectivity index (χ1v) is 13.4. The molecular formula is C29H40N2O6. The van der Waals surface area contributed by atoms with Gasteiger partial charge in [0, 0.05) is 30.9 Å². The normalized spacial score (nSPS) is 25.0. The van der Waals surface area contributed by atoms with E-state index in [4.69, 9.17) is 28.4 Å². The fourth-order valence-electron chi connectivity index (χ4n) is 5.13. The summed E-state index contributed by atoms with van der Waals surface area (Å²) in [5.41, 5.74) is 4.84. The number of anilines is 1. The van der Waals surface area contributed by atoms with Crippen molar-refractivity contribution in [2.24, 2.45) is 5.92 Å². The molecule has 3 atom stereocenters. The van der Waals surface area contributed by atoms with Gasteiger partial charge in [0.2, 0.25) is 0 Å². The molecule has 2 bridgehead atoms. The van der Waals surface area contributed by atoms with E-state index in [2.05, 4.69) is 49.6 Å². The largest absolute Gasteiger partial charge is 0.487 e. The molecule has 8 nitrogen and oxygen atoms in total. The first-order valence-electron chi connectivity index (χ1n) is 13.4. The van der Waals surface area contributed by atoms with Crippen LogP contribution in [-0.4, -0.2) is 77.0 Å². The van der Waals surface area contributed by atoms with Gasteiger partial charge in [0.1, 0.15) is 26.4 Å². The number of nitrogens with zero attached hydrogens (tertiary/aromatic N) is 2. The minimum Gasteiger partial charge on any atom is -0.487 e. The van der Waals surface area contributed by atoms with Gasteiger partial charge in [-0.1, -0.05) is 6.92 Å². The zero-order valence-electron chi connectivity index (χ0n) is 22.6. The van der Waals surface area contributed by atoms with Crippen LogP contribution in [0.4, 0.5) is 5.69 Å². The van der Waals surface area contributed by atoms with Gasteiger partial charge in [-0.05, 0) is 61.6 Å². The molecule has 37 heavy (non-hydrogen) atoms. The maximum absolute atomic E-state index is 6.18. The lowest BCUT2D eigenvalue weighted by molar-refractivity contribution is 0.0638. The highest BCUT2D eigenvalue weighted by Gasteiger charge is 2.35. The van der Waals surface area contributed by atoms with Crippen molar-refractivity contribution < 1.29 is 28.4 Å². The topological polar surface area (TPSA) is 61.9 Å². The Morgan fingerprint density at radius 3 is 1.68 bits per heavy atom. The highest BCUT2D eigenvalue weighted by Crippen LogP contribution is 2.41. The average Bonchev–Trinajstić information content (AvgIpc) is 2.88. The van der Waals surface area contributed by atoms with E-state index in [9.17, 15) is 0 Å². The third-order valence-electron chi connectivity index (χ3n) is 7.62. The minimum absolute atomic E-state index is 0.434. The number of rotatable bonds is 0. The van der Waals surface area contributed by atoms with Crippen molar-refractivity contribution in [2.75, 3.05) is 71.0 Å². The Balaban J connectivity index is 1.27.